The fourth-order valence-corrected chi connectivity index (χ4v) is 2.17. The number of fused-ring (bicyclic) bond motifs is 1. The summed E-state index contributed by atoms with van der Waals surface area (Å²) >= 11 is 0. The van der Waals surface area contributed by atoms with Gasteiger partial charge in [0.15, 0.2) is 0 Å². The number of rotatable bonds is 2. The van der Waals surface area contributed by atoms with E-state index in [9.17, 15) is 0 Å². The Kier molecular flexibility index (Phi) is 3.84. The highest BCUT2D eigenvalue weighted by Crippen LogP contribution is 2.23. The van der Waals surface area contributed by atoms with E-state index >= 15 is 0 Å². The van der Waals surface area contributed by atoms with Crippen molar-refractivity contribution in [1.82, 2.24) is 9.55 Å². The number of aromatic nitrogens is 2. The van der Waals surface area contributed by atoms with Crippen molar-refractivity contribution < 1.29 is 0 Å². The predicted molar refractivity (Wildman–Crippen MR) is 77.2 cm³/mol. The number of hydrogen-bond acceptors (Lipinski definition) is 2. The van der Waals surface area contributed by atoms with Crippen LogP contribution in [0.25, 0.3) is 10.8 Å². The van der Waals surface area contributed by atoms with Crippen molar-refractivity contribution in [3.05, 3.63) is 66.2 Å². The maximum Gasteiger partial charge on any atom is 0.0998 e. The second-order valence-corrected chi connectivity index (χ2v) is 4.16. The molecule has 4 heteroatoms. The first-order valence-corrected chi connectivity index (χ1v) is 5.75. The van der Waals surface area contributed by atoms with Gasteiger partial charge in [-0.15, -0.1) is 12.4 Å². The standard InChI is InChI=1S/C15H11N3.ClH/c16-9-12-5-6-13(10-18-8-7-17-11-18)15-4-2-1-3-14(12)15;/h1-8,11H,10H2;1H. The third-order valence-electron chi connectivity index (χ3n) is 3.05. The summed E-state index contributed by atoms with van der Waals surface area (Å²) in [6.45, 7) is 0.770. The number of benzene rings is 2. The van der Waals surface area contributed by atoms with Gasteiger partial charge >= 0.3 is 0 Å². The number of halogens is 1. The third kappa shape index (κ3) is 2.44. The molecule has 19 heavy (non-hydrogen) atoms. The Morgan fingerprint density at radius 1 is 1.11 bits per heavy atom. The lowest BCUT2D eigenvalue weighted by atomic mass is 10.00. The number of nitriles is 1. The smallest absolute Gasteiger partial charge is 0.0998 e. The van der Waals surface area contributed by atoms with Gasteiger partial charge in [0.25, 0.3) is 0 Å². The van der Waals surface area contributed by atoms with E-state index in [0.29, 0.717) is 0 Å². The molecule has 1 aromatic heterocycles. The summed E-state index contributed by atoms with van der Waals surface area (Å²) in [7, 11) is 0. The third-order valence-corrected chi connectivity index (χ3v) is 3.05. The minimum atomic E-state index is 0. The molecule has 0 aliphatic heterocycles. The van der Waals surface area contributed by atoms with E-state index in [1.165, 1.54) is 5.56 Å². The highest BCUT2D eigenvalue weighted by molar-refractivity contribution is 5.90. The Morgan fingerprint density at radius 2 is 1.89 bits per heavy atom. The molecule has 0 saturated heterocycles. The van der Waals surface area contributed by atoms with E-state index in [1.807, 2.05) is 41.1 Å². The van der Waals surface area contributed by atoms with Gasteiger partial charge in [0.2, 0.25) is 0 Å². The van der Waals surface area contributed by atoms with Crippen LogP contribution in [-0.2, 0) is 6.54 Å². The molecule has 0 bridgehead atoms. The molecule has 0 aliphatic rings. The summed E-state index contributed by atoms with van der Waals surface area (Å²) in [6.07, 6.45) is 5.51. The van der Waals surface area contributed by atoms with Crippen LogP contribution in [0, 0.1) is 11.3 Å². The summed E-state index contributed by atoms with van der Waals surface area (Å²) in [5.74, 6) is 0. The highest BCUT2D eigenvalue weighted by Gasteiger charge is 2.05. The molecule has 3 rings (SSSR count). The van der Waals surface area contributed by atoms with E-state index in [0.717, 1.165) is 22.9 Å². The van der Waals surface area contributed by atoms with Crippen molar-refractivity contribution >= 4 is 23.2 Å². The lowest BCUT2D eigenvalue weighted by molar-refractivity contribution is 0.802. The van der Waals surface area contributed by atoms with Crippen molar-refractivity contribution in [2.24, 2.45) is 0 Å². The lowest BCUT2D eigenvalue weighted by Gasteiger charge is -2.08. The van der Waals surface area contributed by atoms with Crippen LogP contribution >= 0.6 is 12.4 Å². The van der Waals surface area contributed by atoms with Gasteiger partial charge in [0.05, 0.1) is 18.0 Å². The molecule has 1 heterocycles. The molecule has 94 valence electrons. The van der Waals surface area contributed by atoms with E-state index in [1.54, 1.807) is 12.5 Å². The zero-order chi connectivity index (χ0) is 12.4. The topological polar surface area (TPSA) is 41.6 Å². The van der Waals surface area contributed by atoms with E-state index < -0.39 is 0 Å². The van der Waals surface area contributed by atoms with Crippen molar-refractivity contribution in [3.8, 4) is 6.07 Å². The fraction of sp³-hybridized carbons (Fsp3) is 0.0667. The van der Waals surface area contributed by atoms with Crippen LogP contribution < -0.4 is 0 Å². The van der Waals surface area contributed by atoms with E-state index in [2.05, 4.69) is 17.1 Å². The van der Waals surface area contributed by atoms with Crippen LogP contribution in [0.2, 0.25) is 0 Å². The van der Waals surface area contributed by atoms with Crippen LogP contribution in [0.5, 0.6) is 0 Å². The Bertz CT molecular complexity index is 727. The monoisotopic (exact) mass is 269 g/mol. The van der Waals surface area contributed by atoms with Gasteiger partial charge in [0.1, 0.15) is 0 Å². The molecule has 0 unspecified atom stereocenters. The number of hydrogen-bond donors (Lipinski definition) is 0. The van der Waals surface area contributed by atoms with Crippen LogP contribution in [0.4, 0.5) is 0 Å². The predicted octanol–water partition coefficient (Wildman–Crippen LogP) is 3.38. The largest absolute Gasteiger partial charge is 0.333 e. The molecule has 0 fully saturated rings. The average molecular weight is 270 g/mol. The maximum atomic E-state index is 9.12. The minimum Gasteiger partial charge on any atom is -0.333 e. The van der Waals surface area contributed by atoms with E-state index in [4.69, 9.17) is 5.26 Å². The van der Waals surface area contributed by atoms with Gasteiger partial charge in [-0.05, 0) is 22.4 Å². The minimum absolute atomic E-state index is 0. The summed E-state index contributed by atoms with van der Waals surface area (Å²) < 4.78 is 2.02. The quantitative estimate of drug-likeness (QED) is 0.716. The van der Waals surface area contributed by atoms with Crippen molar-refractivity contribution in [1.29, 1.82) is 5.26 Å². The van der Waals surface area contributed by atoms with Gasteiger partial charge in [-0.2, -0.15) is 5.26 Å². The maximum absolute atomic E-state index is 9.12. The lowest BCUT2D eigenvalue weighted by Crippen LogP contribution is -1.98. The molecule has 0 aliphatic carbocycles. The van der Waals surface area contributed by atoms with Crippen LogP contribution in [0.1, 0.15) is 11.1 Å². The Hall–Kier alpha value is -2.31. The van der Waals surface area contributed by atoms with Crippen molar-refractivity contribution in [2.75, 3.05) is 0 Å². The van der Waals surface area contributed by atoms with E-state index in [-0.39, 0.29) is 12.4 Å². The molecule has 2 aromatic carbocycles. The summed E-state index contributed by atoms with van der Waals surface area (Å²) in [5, 5.41) is 11.3. The van der Waals surface area contributed by atoms with Gasteiger partial charge in [-0.3, -0.25) is 0 Å². The summed E-state index contributed by atoms with van der Waals surface area (Å²) in [5.41, 5.74) is 1.92. The molecule has 0 amide bonds. The molecule has 3 aromatic rings. The first-order valence-electron chi connectivity index (χ1n) is 5.75. The fourth-order valence-electron chi connectivity index (χ4n) is 2.17. The molecule has 0 saturated carbocycles. The second kappa shape index (κ2) is 5.55. The highest BCUT2D eigenvalue weighted by atomic mass is 35.5. The van der Waals surface area contributed by atoms with Crippen LogP contribution in [0.15, 0.2) is 55.1 Å². The molecule has 0 atom stereocenters. The van der Waals surface area contributed by atoms with Crippen molar-refractivity contribution in [2.45, 2.75) is 6.54 Å². The number of imidazole rings is 1. The molecule has 0 radical (unpaired) electrons. The van der Waals surface area contributed by atoms with Crippen LogP contribution in [-0.4, -0.2) is 9.55 Å². The summed E-state index contributed by atoms with van der Waals surface area (Å²) in [4.78, 5) is 4.04. The average Bonchev–Trinajstić information content (AvgIpc) is 2.92. The summed E-state index contributed by atoms with van der Waals surface area (Å²) in [6, 6.07) is 14.1. The first kappa shape index (κ1) is 13.1. The Balaban J connectivity index is 0.00000133. The molecule has 0 spiro atoms. The second-order valence-electron chi connectivity index (χ2n) is 4.16. The van der Waals surface area contributed by atoms with Gasteiger partial charge < -0.3 is 4.57 Å². The van der Waals surface area contributed by atoms with Crippen molar-refractivity contribution in [3.63, 3.8) is 0 Å². The zero-order valence-electron chi connectivity index (χ0n) is 10.2. The molecule has 0 N–H and O–H groups in total. The van der Waals surface area contributed by atoms with Gasteiger partial charge in [0, 0.05) is 18.9 Å². The normalized spacial score (nSPS) is 9.84. The Morgan fingerprint density at radius 3 is 2.58 bits per heavy atom. The first-order chi connectivity index (χ1) is 8.88. The zero-order valence-corrected chi connectivity index (χ0v) is 11.0. The van der Waals surface area contributed by atoms with Crippen LogP contribution in [0.3, 0.4) is 0 Å². The van der Waals surface area contributed by atoms with Gasteiger partial charge in [-0.25, -0.2) is 4.98 Å². The Labute approximate surface area is 117 Å². The number of nitrogens with zero attached hydrogens (tertiary/aromatic N) is 3. The SMILES string of the molecule is Cl.N#Cc1ccc(Cn2ccnc2)c2ccccc12. The molecular formula is C15H12ClN3. The van der Waals surface area contributed by atoms with Gasteiger partial charge in [-0.1, -0.05) is 30.3 Å². The molecule has 3 nitrogen and oxygen atoms in total. The molecular weight excluding hydrogens is 258 g/mol.